The van der Waals surface area contributed by atoms with E-state index in [0.29, 0.717) is 0 Å². The zero-order valence-corrected chi connectivity index (χ0v) is 11.9. The van der Waals surface area contributed by atoms with Crippen molar-refractivity contribution in [1.82, 2.24) is 14.8 Å². The summed E-state index contributed by atoms with van der Waals surface area (Å²) in [6.07, 6.45) is 1.67. The molecule has 0 spiro atoms. The fraction of sp³-hybridized carbons (Fsp3) is 0.273. The molecule has 0 N–H and O–H groups in total. The highest BCUT2D eigenvalue weighted by atomic mass is 32.2. The smallest absolute Gasteiger partial charge is 0.269 e. The number of rotatable bonds is 6. The third-order valence-corrected chi connectivity index (χ3v) is 4.61. The Bertz CT molecular complexity index is 556. The molecule has 0 fully saturated rings. The average Bonchev–Trinajstić information content (AvgIpc) is 2.81. The van der Waals surface area contributed by atoms with Gasteiger partial charge in [0.2, 0.25) is 0 Å². The van der Waals surface area contributed by atoms with Crippen LogP contribution < -0.4 is 0 Å². The first-order valence-corrected chi connectivity index (χ1v) is 7.48. The number of aromatic nitrogens is 3. The molecule has 1 aromatic carbocycles. The number of non-ortho nitro benzene ring substituents is 1. The Labute approximate surface area is 118 Å². The van der Waals surface area contributed by atoms with Crippen LogP contribution in [0, 0.1) is 10.1 Å². The van der Waals surface area contributed by atoms with Crippen LogP contribution in [0.1, 0.15) is 0 Å². The standard InChI is InChI=1S/C11H12N4O2S2/c1-14-8-12-13-11(14)19-7-6-18-10-4-2-9(3-5-10)15(16)17/h2-5,8H,6-7H2,1H3. The molecular formula is C11H12N4O2S2. The summed E-state index contributed by atoms with van der Waals surface area (Å²) in [6, 6.07) is 6.60. The molecule has 1 heterocycles. The Morgan fingerprint density at radius 1 is 1.26 bits per heavy atom. The molecule has 0 unspecified atom stereocenters. The molecule has 100 valence electrons. The van der Waals surface area contributed by atoms with Crippen LogP contribution in [0.3, 0.4) is 0 Å². The van der Waals surface area contributed by atoms with Gasteiger partial charge in [-0.15, -0.1) is 22.0 Å². The average molecular weight is 296 g/mol. The van der Waals surface area contributed by atoms with E-state index in [4.69, 9.17) is 0 Å². The predicted molar refractivity (Wildman–Crippen MR) is 75.5 cm³/mol. The van der Waals surface area contributed by atoms with Gasteiger partial charge in [0.25, 0.3) is 5.69 Å². The summed E-state index contributed by atoms with van der Waals surface area (Å²) >= 11 is 3.31. The zero-order valence-electron chi connectivity index (χ0n) is 10.2. The summed E-state index contributed by atoms with van der Waals surface area (Å²) in [5.74, 6) is 1.82. The van der Waals surface area contributed by atoms with Crippen molar-refractivity contribution in [3.05, 3.63) is 40.7 Å². The van der Waals surface area contributed by atoms with Crippen LogP contribution in [0.2, 0.25) is 0 Å². The molecule has 2 rings (SSSR count). The van der Waals surface area contributed by atoms with Crippen LogP contribution in [-0.2, 0) is 7.05 Å². The van der Waals surface area contributed by atoms with Crippen molar-refractivity contribution in [3.8, 4) is 0 Å². The number of thioether (sulfide) groups is 2. The Morgan fingerprint density at radius 3 is 2.53 bits per heavy atom. The van der Waals surface area contributed by atoms with Crippen molar-refractivity contribution in [2.45, 2.75) is 10.1 Å². The second-order valence-corrected chi connectivity index (χ2v) is 5.90. The molecule has 0 radical (unpaired) electrons. The van der Waals surface area contributed by atoms with Gasteiger partial charge >= 0.3 is 0 Å². The molecule has 0 aliphatic carbocycles. The van der Waals surface area contributed by atoms with Gasteiger partial charge in [-0.25, -0.2) is 0 Å². The van der Waals surface area contributed by atoms with Crippen molar-refractivity contribution in [2.24, 2.45) is 7.05 Å². The molecule has 1 aromatic heterocycles. The van der Waals surface area contributed by atoms with Gasteiger partial charge in [-0.05, 0) is 12.1 Å². The minimum atomic E-state index is -0.391. The molecule has 0 atom stereocenters. The molecule has 0 saturated heterocycles. The van der Waals surface area contributed by atoms with Gasteiger partial charge in [0.05, 0.1) is 4.92 Å². The van der Waals surface area contributed by atoms with Gasteiger partial charge in [-0.1, -0.05) is 11.8 Å². The fourth-order valence-electron chi connectivity index (χ4n) is 1.36. The molecule has 0 aliphatic heterocycles. The molecule has 0 bridgehead atoms. The van der Waals surface area contributed by atoms with Crippen LogP contribution in [-0.4, -0.2) is 31.2 Å². The van der Waals surface area contributed by atoms with Gasteiger partial charge in [0.1, 0.15) is 6.33 Å². The number of aryl methyl sites for hydroxylation is 1. The van der Waals surface area contributed by atoms with E-state index in [1.165, 1.54) is 12.1 Å². The number of nitro benzene ring substituents is 1. The van der Waals surface area contributed by atoms with E-state index in [0.717, 1.165) is 21.6 Å². The normalized spacial score (nSPS) is 10.6. The van der Waals surface area contributed by atoms with Crippen LogP contribution in [0.25, 0.3) is 0 Å². The molecule has 2 aromatic rings. The predicted octanol–water partition coefficient (Wildman–Crippen LogP) is 2.61. The van der Waals surface area contributed by atoms with Gasteiger partial charge in [0.15, 0.2) is 5.16 Å². The van der Waals surface area contributed by atoms with Crippen molar-refractivity contribution in [3.63, 3.8) is 0 Å². The number of hydrogen-bond donors (Lipinski definition) is 0. The Hall–Kier alpha value is -1.54. The first kappa shape index (κ1) is 13.9. The van der Waals surface area contributed by atoms with Crippen molar-refractivity contribution in [2.75, 3.05) is 11.5 Å². The topological polar surface area (TPSA) is 73.8 Å². The first-order chi connectivity index (χ1) is 9.16. The monoisotopic (exact) mass is 296 g/mol. The molecular weight excluding hydrogens is 284 g/mol. The summed E-state index contributed by atoms with van der Waals surface area (Å²) in [5, 5.41) is 19.2. The summed E-state index contributed by atoms with van der Waals surface area (Å²) < 4.78 is 1.88. The maximum atomic E-state index is 10.5. The van der Waals surface area contributed by atoms with E-state index in [2.05, 4.69) is 10.2 Å². The van der Waals surface area contributed by atoms with Crippen LogP contribution >= 0.6 is 23.5 Å². The largest absolute Gasteiger partial charge is 0.312 e. The summed E-state index contributed by atoms with van der Waals surface area (Å²) in [5.41, 5.74) is 0.123. The first-order valence-electron chi connectivity index (χ1n) is 5.51. The number of hydrogen-bond acceptors (Lipinski definition) is 6. The van der Waals surface area contributed by atoms with Crippen LogP contribution in [0.5, 0.6) is 0 Å². The number of nitro groups is 1. The van der Waals surface area contributed by atoms with E-state index in [-0.39, 0.29) is 5.69 Å². The Balaban J connectivity index is 1.76. The summed E-state index contributed by atoms with van der Waals surface area (Å²) in [6.45, 7) is 0. The molecule has 0 amide bonds. The maximum absolute atomic E-state index is 10.5. The van der Waals surface area contributed by atoms with Crippen LogP contribution in [0.4, 0.5) is 5.69 Å². The van der Waals surface area contributed by atoms with Gasteiger partial charge in [-0.3, -0.25) is 10.1 Å². The highest BCUT2D eigenvalue weighted by molar-refractivity contribution is 8.02. The Morgan fingerprint density at radius 2 is 1.95 bits per heavy atom. The lowest BCUT2D eigenvalue weighted by atomic mass is 10.3. The quantitative estimate of drug-likeness (QED) is 0.353. The van der Waals surface area contributed by atoms with Crippen molar-refractivity contribution < 1.29 is 4.92 Å². The summed E-state index contributed by atoms with van der Waals surface area (Å²) in [4.78, 5) is 11.2. The van der Waals surface area contributed by atoms with Crippen molar-refractivity contribution >= 4 is 29.2 Å². The highest BCUT2D eigenvalue weighted by Gasteiger charge is 2.05. The lowest BCUT2D eigenvalue weighted by Gasteiger charge is -2.01. The molecule has 8 heteroatoms. The minimum Gasteiger partial charge on any atom is -0.312 e. The Kier molecular flexibility index (Phi) is 4.80. The minimum absolute atomic E-state index is 0.123. The van der Waals surface area contributed by atoms with E-state index in [1.807, 2.05) is 11.6 Å². The number of nitrogens with zero attached hydrogens (tertiary/aromatic N) is 4. The third kappa shape index (κ3) is 3.97. The van der Waals surface area contributed by atoms with Gasteiger partial charge < -0.3 is 4.57 Å². The van der Waals surface area contributed by atoms with E-state index >= 15 is 0 Å². The van der Waals surface area contributed by atoms with E-state index in [1.54, 1.807) is 42.0 Å². The molecule has 19 heavy (non-hydrogen) atoms. The fourth-order valence-corrected chi connectivity index (χ4v) is 3.13. The molecule has 0 saturated carbocycles. The van der Waals surface area contributed by atoms with E-state index in [9.17, 15) is 10.1 Å². The van der Waals surface area contributed by atoms with Crippen molar-refractivity contribution in [1.29, 1.82) is 0 Å². The third-order valence-electron chi connectivity index (χ3n) is 2.30. The lowest BCUT2D eigenvalue weighted by molar-refractivity contribution is -0.384. The number of benzene rings is 1. The zero-order chi connectivity index (χ0) is 13.7. The maximum Gasteiger partial charge on any atom is 0.269 e. The lowest BCUT2D eigenvalue weighted by Crippen LogP contribution is -1.92. The molecule has 0 aliphatic rings. The highest BCUT2D eigenvalue weighted by Crippen LogP contribution is 2.23. The SMILES string of the molecule is Cn1cnnc1SCCSc1ccc([N+](=O)[O-])cc1. The summed E-state index contributed by atoms with van der Waals surface area (Å²) in [7, 11) is 1.91. The van der Waals surface area contributed by atoms with E-state index < -0.39 is 4.92 Å². The second-order valence-electron chi connectivity index (χ2n) is 3.67. The van der Waals surface area contributed by atoms with Gasteiger partial charge in [-0.2, -0.15) is 0 Å². The second kappa shape index (κ2) is 6.58. The van der Waals surface area contributed by atoms with Gasteiger partial charge in [0, 0.05) is 35.6 Å². The molecule has 6 nitrogen and oxygen atoms in total. The van der Waals surface area contributed by atoms with Crippen LogP contribution in [0.15, 0.2) is 40.6 Å².